The monoisotopic (exact) mass is 316 g/mol. The summed E-state index contributed by atoms with van der Waals surface area (Å²) < 4.78 is 0. The van der Waals surface area contributed by atoms with Gasteiger partial charge < -0.3 is 10.4 Å². The van der Waals surface area contributed by atoms with Gasteiger partial charge in [-0.2, -0.15) is 0 Å². The van der Waals surface area contributed by atoms with Crippen LogP contribution in [0.25, 0.3) is 0 Å². The number of pyridine rings is 1. The Hall–Kier alpha value is -1.33. The number of nitrogens with zero attached hydrogens (tertiary/aromatic N) is 1. The fraction of sp³-hybridized carbons (Fsp3) is 0.462. The first kappa shape index (κ1) is 15.1. The largest absolute Gasteiger partial charge is 0.481 e. The van der Waals surface area contributed by atoms with E-state index < -0.39 is 11.9 Å². The van der Waals surface area contributed by atoms with Gasteiger partial charge in [-0.25, -0.2) is 4.98 Å². The Bertz CT molecular complexity index is 544. The smallest absolute Gasteiger partial charge is 0.303 e. The van der Waals surface area contributed by atoms with Gasteiger partial charge in [0, 0.05) is 6.54 Å². The number of hydrogen-bond acceptors (Lipinski definition) is 3. The molecule has 0 aromatic carbocycles. The van der Waals surface area contributed by atoms with Crippen molar-refractivity contribution in [3.63, 3.8) is 0 Å². The second-order valence-corrected chi connectivity index (χ2v) is 5.87. The minimum atomic E-state index is -0.849. The Morgan fingerprint density at radius 2 is 2.05 bits per heavy atom. The molecule has 1 aromatic rings. The fourth-order valence-electron chi connectivity index (χ4n) is 2.34. The quantitative estimate of drug-likeness (QED) is 0.819. The number of rotatable bonds is 5. The van der Waals surface area contributed by atoms with Crippen molar-refractivity contribution < 1.29 is 14.7 Å². The molecule has 20 heavy (non-hydrogen) atoms. The third-order valence-corrected chi connectivity index (χ3v) is 4.11. The Morgan fingerprint density at radius 1 is 1.35 bits per heavy atom. The number of hydrogen-bond donors (Lipinski definition) is 2. The Kier molecular flexibility index (Phi) is 4.50. The summed E-state index contributed by atoms with van der Waals surface area (Å²) in [5.41, 5.74) is -0.282. The van der Waals surface area contributed by atoms with E-state index in [0.29, 0.717) is 6.54 Å². The first-order valence-corrected chi connectivity index (χ1v) is 6.99. The van der Waals surface area contributed by atoms with E-state index in [1.165, 1.54) is 12.1 Å². The van der Waals surface area contributed by atoms with Gasteiger partial charge in [0.15, 0.2) is 0 Å². The molecule has 1 amide bonds. The van der Waals surface area contributed by atoms with Gasteiger partial charge in [-0.1, -0.05) is 29.6 Å². The van der Waals surface area contributed by atoms with E-state index in [9.17, 15) is 9.59 Å². The molecular formula is C13H14Cl2N2O3. The Balaban J connectivity index is 2.01. The van der Waals surface area contributed by atoms with Crippen LogP contribution in [0.15, 0.2) is 12.1 Å². The minimum absolute atomic E-state index is 0.0592. The molecule has 0 aliphatic heterocycles. The maximum absolute atomic E-state index is 12.0. The average molecular weight is 317 g/mol. The number of amides is 1. The van der Waals surface area contributed by atoms with Crippen molar-refractivity contribution in [2.24, 2.45) is 5.41 Å². The lowest BCUT2D eigenvalue weighted by atomic mass is 9.66. The lowest BCUT2D eigenvalue weighted by Gasteiger charge is -2.40. The predicted octanol–water partition coefficient (Wildman–Crippen LogP) is 2.76. The van der Waals surface area contributed by atoms with Crippen molar-refractivity contribution in [2.75, 3.05) is 6.54 Å². The van der Waals surface area contributed by atoms with E-state index in [1.807, 2.05) is 0 Å². The normalized spacial score (nSPS) is 16.3. The molecule has 1 aliphatic carbocycles. The lowest BCUT2D eigenvalue weighted by molar-refractivity contribution is -0.141. The van der Waals surface area contributed by atoms with Gasteiger partial charge in [0.25, 0.3) is 5.91 Å². The van der Waals surface area contributed by atoms with E-state index in [2.05, 4.69) is 10.3 Å². The molecule has 1 aliphatic rings. The summed E-state index contributed by atoms with van der Waals surface area (Å²) in [5.74, 6) is -1.29. The first-order valence-electron chi connectivity index (χ1n) is 6.24. The molecule has 1 heterocycles. The summed E-state index contributed by atoms with van der Waals surface area (Å²) in [4.78, 5) is 26.8. The molecule has 108 valence electrons. The number of carbonyl (C=O) groups excluding carboxylic acids is 1. The number of aromatic nitrogens is 1. The highest BCUT2D eigenvalue weighted by molar-refractivity contribution is 6.34. The summed E-state index contributed by atoms with van der Waals surface area (Å²) in [7, 11) is 0. The van der Waals surface area contributed by atoms with Crippen LogP contribution in [0, 0.1) is 5.41 Å². The predicted molar refractivity (Wildman–Crippen MR) is 75.1 cm³/mol. The van der Waals surface area contributed by atoms with Crippen molar-refractivity contribution in [3.8, 4) is 0 Å². The molecule has 1 saturated carbocycles. The number of carboxylic acids is 1. The fourth-order valence-corrected chi connectivity index (χ4v) is 2.68. The highest BCUT2D eigenvalue weighted by atomic mass is 35.5. The van der Waals surface area contributed by atoms with Gasteiger partial charge in [0.1, 0.15) is 10.8 Å². The van der Waals surface area contributed by atoms with Crippen LogP contribution in [-0.4, -0.2) is 28.5 Å². The zero-order valence-corrected chi connectivity index (χ0v) is 12.2. The van der Waals surface area contributed by atoms with Crippen molar-refractivity contribution in [1.82, 2.24) is 10.3 Å². The van der Waals surface area contributed by atoms with Crippen LogP contribution < -0.4 is 5.32 Å². The third kappa shape index (κ3) is 3.41. The maximum atomic E-state index is 12.0. The molecule has 7 heteroatoms. The van der Waals surface area contributed by atoms with Gasteiger partial charge in [-0.05, 0) is 30.4 Å². The van der Waals surface area contributed by atoms with Crippen molar-refractivity contribution in [3.05, 3.63) is 28.0 Å². The standard InChI is InChI=1S/C13H14Cl2N2O3/c14-8-2-3-9(15)17-11(8)12(20)16-7-13(4-1-5-13)6-10(18)19/h2-3H,1,4-7H2,(H,16,20)(H,18,19). The van der Waals surface area contributed by atoms with Gasteiger partial charge >= 0.3 is 5.97 Å². The van der Waals surface area contributed by atoms with Crippen molar-refractivity contribution in [1.29, 1.82) is 0 Å². The number of nitrogens with one attached hydrogen (secondary N) is 1. The van der Waals surface area contributed by atoms with Crippen LogP contribution in [0.4, 0.5) is 0 Å². The first-order chi connectivity index (χ1) is 9.42. The molecule has 0 unspecified atom stereocenters. The molecule has 5 nitrogen and oxygen atoms in total. The summed E-state index contributed by atoms with van der Waals surface area (Å²) in [6.07, 6.45) is 2.65. The molecule has 0 bridgehead atoms. The number of carbonyl (C=O) groups is 2. The van der Waals surface area contributed by atoms with Crippen LogP contribution in [0.1, 0.15) is 36.2 Å². The minimum Gasteiger partial charge on any atom is -0.481 e. The number of carboxylic acid groups (broad SMARTS) is 1. The highest BCUT2D eigenvalue weighted by Crippen LogP contribution is 2.43. The molecule has 0 radical (unpaired) electrons. The second-order valence-electron chi connectivity index (χ2n) is 5.07. The summed E-state index contributed by atoms with van der Waals surface area (Å²) in [5, 5.41) is 12.0. The van der Waals surface area contributed by atoms with Gasteiger partial charge in [-0.3, -0.25) is 9.59 Å². The van der Waals surface area contributed by atoms with Crippen LogP contribution >= 0.6 is 23.2 Å². The lowest BCUT2D eigenvalue weighted by Crippen LogP contribution is -2.43. The molecule has 2 N–H and O–H groups in total. The van der Waals surface area contributed by atoms with Crippen LogP contribution in [0.5, 0.6) is 0 Å². The second kappa shape index (κ2) is 5.97. The zero-order valence-electron chi connectivity index (χ0n) is 10.7. The summed E-state index contributed by atoms with van der Waals surface area (Å²) in [6, 6.07) is 3.00. The third-order valence-electron chi connectivity index (χ3n) is 3.59. The van der Waals surface area contributed by atoms with Gasteiger partial charge in [0.2, 0.25) is 0 Å². The van der Waals surface area contributed by atoms with Crippen molar-refractivity contribution >= 4 is 35.1 Å². The van der Waals surface area contributed by atoms with Gasteiger partial charge in [-0.15, -0.1) is 0 Å². The van der Waals surface area contributed by atoms with E-state index in [4.69, 9.17) is 28.3 Å². The molecule has 1 fully saturated rings. The van der Waals surface area contributed by atoms with Crippen molar-refractivity contribution in [2.45, 2.75) is 25.7 Å². The summed E-state index contributed by atoms with van der Waals surface area (Å²) in [6.45, 7) is 0.308. The van der Waals surface area contributed by atoms with Crippen LogP contribution in [0.3, 0.4) is 0 Å². The van der Waals surface area contributed by atoms with Crippen LogP contribution in [0.2, 0.25) is 10.2 Å². The van der Waals surface area contributed by atoms with E-state index in [0.717, 1.165) is 19.3 Å². The zero-order chi connectivity index (χ0) is 14.8. The molecule has 0 saturated heterocycles. The number of aliphatic carboxylic acids is 1. The van der Waals surface area contributed by atoms with E-state index >= 15 is 0 Å². The number of halogens is 2. The molecule has 0 spiro atoms. The molecular weight excluding hydrogens is 303 g/mol. The SMILES string of the molecule is O=C(O)CC1(CNC(=O)c2nc(Cl)ccc2Cl)CCC1. The Morgan fingerprint density at radius 3 is 2.60 bits per heavy atom. The van der Waals surface area contributed by atoms with Gasteiger partial charge in [0.05, 0.1) is 11.4 Å². The van der Waals surface area contributed by atoms with Crippen LogP contribution in [-0.2, 0) is 4.79 Å². The highest BCUT2D eigenvalue weighted by Gasteiger charge is 2.39. The Labute approximate surface area is 126 Å². The maximum Gasteiger partial charge on any atom is 0.303 e. The summed E-state index contributed by atoms with van der Waals surface area (Å²) >= 11 is 11.6. The molecule has 1 aromatic heterocycles. The molecule has 2 rings (SSSR count). The average Bonchev–Trinajstić information content (AvgIpc) is 2.34. The van der Waals surface area contributed by atoms with E-state index in [-0.39, 0.29) is 27.7 Å². The topological polar surface area (TPSA) is 79.3 Å². The van der Waals surface area contributed by atoms with E-state index in [1.54, 1.807) is 0 Å². The molecule has 0 atom stereocenters.